The molecule has 0 unspecified atom stereocenters. The molecule has 0 aromatic carbocycles. The second-order valence-electron chi connectivity index (χ2n) is 3.43. The van der Waals surface area contributed by atoms with Crippen LogP contribution in [-0.4, -0.2) is 21.2 Å². The largest absolute Gasteiger partial charge is 0.396 e. The summed E-state index contributed by atoms with van der Waals surface area (Å²) in [5, 5.41) is 19.1. The number of nitrogens with zero attached hydrogens (tertiary/aromatic N) is 2. The van der Waals surface area contributed by atoms with Gasteiger partial charge in [0.25, 0.3) is 0 Å². The molecule has 1 rings (SSSR count). The van der Waals surface area contributed by atoms with Crippen LogP contribution in [0.1, 0.15) is 19.3 Å². The van der Waals surface area contributed by atoms with Gasteiger partial charge in [0.2, 0.25) is 0 Å². The van der Waals surface area contributed by atoms with Gasteiger partial charge in [0.05, 0.1) is 4.92 Å². The van der Waals surface area contributed by atoms with Gasteiger partial charge in [-0.05, 0) is 25.3 Å². The minimum absolute atomic E-state index is 0.129. The summed E-state index contributed by atoms with van der Waals surface area (Å²) in [6, 6.07) is 2.69. The molecule has 0 saturated carbocycles. The van der Waals surface area contributed by atoms with Gasteiger partial charge in [0, 0.05) is 25.4 Å². The molecule has 6 nitrogen and oxygen atoms in total. The topological polar surface area (TPSA) is 85.4 Å². The Hall–Kier alpha value is -1.69. The zero-order valence-corrected chi connectivity index (χ0v) is 8.83. The normalized spacial score (nSPS) is 10.3. The van der Waals surface area contributed by atoms with Crippen molar-refractivity contribution in [2.45, 2.75) is 25.8 Å². The van der Waals surface area contributed by atoms with E-state index in [0.29, 0.717) is 13.0 Å². The fraction of sp³-hybridized carbons (Fsp3) is 0.500. The van der Waals surface area contributed by atoms with Gasteiger partial charge in [-0.15, -0.1) is 0 Å². The molecule has 1 N–H and O–H groups in total. The summed E-state index contributed by atoms with van der Waals surface area (Å²) >= 11 is 0. The molecule has 0 amide bonds. The number of aryl methyl sites for hydroxylation is 1. The van der Waals surface area contributed by atoms with Crippen molar-refractivity contribution in [1.82, 2.24) is 4.57 Å². The highest BCUT2D eigenvalue weighted by Crippen LogP contribution is 2.03. The Bertz CT molecular complexity index is 414. The molecule has 1 heterocycles. The van der Waals surface area contributed by atoms with Crippen molar-refractivity contribution in [3.8, 4) is 0 Å². The van der Waals surface area contributed by atoms with E-state index < -0.39 is 16.2 Å². The SMILES string of the molecule is O=c1c([N+](=O)[O-])cccn1CCCCCO. The average molecular weight is 226 g/mol. The second-order valence-corrected chi connectivity index (χ2v) is 3.43. The Balaban J connectivity index is 2.70. The van der Waals surface area contributed by atoms with Crippen molar-refractivity contribution in [1.29, 1.82) is 0 Å². The summed E-state index contributed by atoms with van der Waals surface area (Å²) in [5.74, 6) is 0. The number of pyridine rings is 1. The summed E-state index contributed by atoms with van der Waals surface area (Å²) in [7, 11) is 0. The Labute approximate surface area is 92.3 Å². The maximum absolute atomic E-state index is 11.5. The van der Waals surface area contributed by atoms with Crippen LogP contribution in [0, 0.1) is 10.1 Å². The minimum atomic E-state index is -0.674. The van der Waals surface area contributed by atoms with Gasteiger partial charge < -0.3 is 9.67 Å². The molecular formula is C10H14N2O4. The first-order valence-corrected chi connectivity index (χ1v) is 5.11. The monoisotopic (exact) mass is 226 g/mol. The molecule has 0 aliphatic rings. The molecule has 0 bridgehead atoms. The van der Waals surface area contributed by atoms with Gasteiger partial charge >= 0.3 is 11.2 Å². The van der Waals surface area contributed by atoms with E-state index >= 15 is 0 Å². The highest BCUT2D eigenvalue weighted by atomic mass is 16.6. The maximum atomic E-state index is 11.5. The van der Waals surface area contributed by atoms with Crippen molar-refractivity contribution < 1.29 is 10.0 Å². The van der Waals surface area contributed by atoms with Gasteiger partial charge in [0.15, 0.2) is 0 Å². The summed E-state index contributed by atoms with van der Waals surface area (Å²) in [4.78, 5) is 21.4. The lowest BCUT2D eigenvalue weighted by molar-refractivity contribution is -0.386. The molecule has 16 heavy (non-hydrogen) atoms. The third-order valence-electron chi connectivity index (χ3n) is 2.25. The van der Waals surface area contributed by atoms with Crippen molar-refractivity contribution in [2.24, 2.45) is 0 Å². The number of unbranched alkanes of at least 4 members (excludes halogenated alkanes) is 2. The van der Waals surface area contributed by atoms with Gasteiger partial charge in [-0.2, -0.15) is 0 Å². The minimum Gasteiger partial charge on any atom is -0.396 e. The molecule has 0 atom stereocenters. The average Bonchev–Trinajstić information content (AvgIpc) is 2.26. The Morgan fingerprint density at radius 2 is 2.12 bits per heavy atom. The number of nitro groups is 1. The van der Waals surface area contributed by atoms with Crippen molar-refractivity contribution in [3.63, 3.8) is 0 Å². The van der Waals surface area contributed by atoms with E-state index in [0.717, 1.165) is 12.8 Å². The van der Waals surface area contributed by atoms with E-state index in [1.165, 1.54) is 22.9 Å². The highest BCUT2D eigenvalue weighted by molar-refractivity contribution is 5.24. The number of rotatable bonds is 6. The van der Waals surface area contributed by atoms with E-state index in [2.05, 4.69) is 0 Å². The molecule has 6 heteroatoms. The molecule has 1 aromatic heterocycles. The zero-order valence-electron chi connectivity index (χ0n) is 8.83. The molecule has 88 valence electrons. The van der Waals surface area contributed by atoms with Gasteiger partial charge in [-0.25, -0.2) is 0 Å². The predicted molar refractivity (Wildman–Crippen MR) is 58.3 cm³/mol. The third kappa shape index (κ3) is 3.16. The number of hydrogen-bond donors (Lipinski definition) is 1. The quantitative estimate of drug-likeness (QED) is 0.444. The smallest absolute Gasteiger partial charge is 0.334 e. The third-order valence-corrected chi connectivity index (χ3v) is 2.25. The second kappa shape index (κ2) is 6.02. The van der Waals surface area contributed by atoms with Crippen LogP contribution in [0.4, 0.5) is 5.69 Å². The molecule has 0 aliphatic carbocycles. The van der Waals surface area contributed by atoms with Crippen LogP contribution < -0.4 is 5.56 Å². The van der Waals surface area contributed by atoms with Gasteiger partial charge in [0.1, 0.15) is 0 Å². The molecule has 0 fully saturated rings. The van der Waals surface area contributed by atoms with Crippen LogP contribution in [0.5, 0.6) is 0 Å². The van der Waals surface area contributed by atoms with Crippen molar-refractivity contribution in [3.05, 3.63) is 38.8 Å². The number of hydrogen-bond acceptors (Lipinski definition) is 4. The number of aromatic nitrogens is 1. The summed E-state index contributed by atoms with van der Waals surface area (Å²) in [6.07, 6.45) is 3.74. The van der Waals surface area contributed by atoms with Crippen molar-refractivity contribution >= 4 is 5.69 Å². The van der Waals surface area contributed by atoms with Gasteiger partial charge in [-0.1, -0.05) is 0 Å². The fourth-order valence-corrected chi connectivity index (χ4v) is 1.41. The van der Waals surface area contributed by atoms with Crippen LogP contribution in [-0.2, 0) is 6.54 Å². The number of aliphatic hydroxyl groups excluding tert-OH is 1. The summed E-state index contributed by atoms with van der Waals surface area (Å²) in [6.45, 7) is 0.574. The zero-order chi connectivity index (χ0) is 12.0. The first-order chi connectivity index (χ1) is 7.66. The number of aliphatic hydroxyl groups is 1. The predicted octanol–water partition coefficient (Wildman–Crippen LogP) is 0.919. The van der Waals surface area contributed by atoms with Crippen LogP contribution >= 0.6 is 0 Å². The Morgan fingerprint density at radius 3 is 2.75 bits per heavy atom. The summed E-state index contributed by atoms with van der Waals surface area (Å²) < 4.78 is 1.33. The lowest BCUT2D eigenvalue weighted by atomic mass is 10.2. The van der Waals surface area contributed by atoms with E-state index in [4.69, 9.17) is 5.11 Å². The lowest BCUT2D eigenvalue weighted by Gasteiger charge is -2.04. The highest BCUT2D eigenvalue weighted by Gasteiger charge is 2.12. The van der Waals surface area contributed by atoms with Crippen LogP contribution in [0.3, 0.4) is 0 Å². The van der Waals surface area contributed by atoms with Crippen LogP contribution in [0.15, 0.2) is 23.1 Å². The van der Waals surface area contributed by atoms with Crippen LogP contribution in [0.2, 0.25) is 0 Å². The van der Waals surface area contributed by atoms with Gasteiger partial charge in [-0.3, -0.25) is 14.9 Å². The van der Waals surface area contributed by atoms with E-state index in [1.54, 1.807) is 0 Å². The maximum Gasteiger partial charge on any atom is 0.334 e. The molecule has 0 radical (unpaired) electrons. The fourth-order valence-electron chi connectivity index (χ4n) is 1.41. The first kappa shape index (κ1) is 12.4. The summed E-state index contributed by atoms with van der Waals surface area (Å²) in [5.41, 5.74) is -0.971. The first-order valence-electron chi connectivity index (χ1n) is 5.11. The Morgan fingerprint density at radius 1 is 1.38 bits per heavy atom. The van der Waals surface area contributed by atoms with E-state index in [9.17, 15) is 14.9 Å². The molecule has 0 aliphatic heterocycles. The molecule has 1 aromatic rings. The molecular weight excluding hydrogens is 212 g/mol. The van der Waals surface area contributed by atoms with E-state index in [1.807, 2.05) is 0 Å². The van der Waals surface area contributed by atoms with E-state index in [-0.39, 0.29) is 6.61 Å². The standard InChI is InChI=1S/C10H14N2O4/c13-8-3-1-2-6-11-7-4-5-9(10(11)14)12(15)16/h4-5,7,13H,1-3,6,8H2. The Kier molecular flexibility index (Phi) is 4.65. The molecule has 0 spiro atoms. The van der Waals surface area contributed by atoms with Crippen LogP contribution in [0.25, 0.3) is 0 Å². The lowest BCUT2D eigenvalue weighted by Crippen LogP contribution is -2.21. The van der Waals surface area contributed by atoms with Crippen molar-refractivity contribution in [2.75, 3.05) is 6.61 Å². The molecule has 0 saturated heterocycles.